The highest BCUT2D eigenvalue weighted by molar-refractivity contribution is 6.04. The molecule has 0 aliphatic heterocycles. The molecule has 2 atom stereocenters. The maximum absolute atomic E-state index is 12.5. The average molecular weight is 323 g/mol. The Hall–Kier alpha value is -2.50. The molecule has 2 heterocycles. The van der Waals surface area contributed by atoms with Crippen LogP contribution in [0.25, 0.3) is 5.69 Å². The van der Waals surface area contributed by atoms with Gasteiger partial charge in [0.05, 0.1) is 12.4 Å². The number of hydrogen-bond donors (Lipinski definition) is 1. The van der Waals surface area contributed by atoms with Gasteiger partial charge in [-0.1, -0.05) is 31.8 Å². The molecule has 0 spiro atoms. The highest BCUT2D eigenvalue weighted by atomic mass is 16.1. The molecule has 2 aliphatic rings. The van der Waals surface area contributed by atoms with Crippen molar-refractivity contribution in [2.24, 2.45) is 11.8 Å². The average Bonchev–Trinajstić information content (AvgIpc) is 3.03. The molecule has 2 aromatic heterocycles. The van der Waals surface area contributed by atoms with Gasteiger partial charge in [-0.15, -0.1) is 5.10 Å². The molecular weight excluding hydrogens is 302 g/mol. The number of carbonyl (C=O) groups is 1. The monoisotopic (exact) mass is 323 g/mol. The summed E-state index contributed by atoms with van der Waals surface area (Å²) in [6, 6.07) is 1.79. The molecule has 0 bridgehead atoms. The van der Waals surface area contributed by atoms with Gasteiger partial charge in [0, 0.05) is 17.8 Å². The predicted octanol–water partition coefficient (Wildman–Crippen LogP) is 3.13. The number of fused-ring (bicyclic) bond motifs is 1. The molecule has 6 heteroatoms. The van der Waals surface area contributed by atoms with Gasteiger partial charge in [0.2, 0.25) is 0 Å². The zero-order chi connectivity index (χ0) is 16.4. The fourth-order valence-corrected chi connectivity index (χ4v) is 3.71. The lowest BCUT2D eigenvalue weighted by atomic mass is 9.68. The fourth-order valence-electron chi connectivity index (χ4n) is 3.71. The largest absolute Gasteiger partial charge is 0.305 e. The Balaban J connectivity index is 1.43. The van der Waals surface area contributed by atoms with Gasteiger partial charge >= 0.3 is 0 Å². The van der Waals surface area contributed by atoms with Crippen molar-refractivity contribution in [1.29, 1.82) is 0 Å². The predicted molar refractivity (Wildman–Crippen MR) is 90.5 cm³/mol. The SMILES string of the molecule is O=C(Nc1ccn(-c2cncnc2)n1)C1=CC2CCCCCCC12. The summed E-state index contributed by atoms with van der Waals surface area (Å²) in [4.78, 5) is 20.5. The maximum Gasteiger partial charge on any atom is 0.252 e. The molecule has 4 rings (SSSR count). The Labute approximate surface area is 141 Å². The van der Waals surface area contributed by atoms with E-state index in [4.69, 9.17) is 0 Å². The highest BCUT2D eigenvalue weighted by Gasteiger charge is 2.36. The first kappa shape index (κ1) is 15.1. The molecule has 124 valence electrons. The third-order valence-corrected chi connectivity index (χ3v) is 5.02. The molecule has 1 amide bonds. The molecule has 1 N–H and O–H groups in total. The molecule has 1 fully saturated rings. The summed E-state index contributed by atoms with van der Waals surface area (Å²) in [7, 11) is 0. The van der Waals surface area contributed by atoms with E-state index in [0.717, 1.165) is 17.7 Å². The Kier molecular flexibility index (Phi) is 4.11. The number of allylic oxidation sites excluding steroid dienone is 1. The molecule has 6 nitrogen and oxygen atoms in total. The van der Waals surface area contributed by atoms with Gasteiger partial charge in [0.25, 0.3) is 5.91 Å². The second kappa shape index (κ2) is 6.55. The van der Waals surface area contributed by atoms with Crippen molar-refractivity contribution >= 4 is 11.7 Å². The summed E-state index contributed by atoms with van der Waals surface area (Å²) in [5, 5.41) is 7.30. The summed E-state index contributed by atoms with van der Waals surface area (Å²) in [5.41, 5.74) is 1.71. The van der Waals surface area contributed by atoms with E-state index in [0.29, 0.717) is 17.7 Å². The highest BCUT2D eigenvalue weighted by Crippen LogP contribution is 2.42. The van der Waals surface area contributed by atoms with Crippen LogP contribution < -0.4 is 5.32 Å². The minimum Gasteiger partial charge on any atom is -0.305 e. The molecule has 0 radical (unpaired) electrons. The normalized spacial score (nSPS) is 23.2. The van der Waals surface area contributed by atoms with Gasteiger partial charge < -0.3 is 5.32 Å². The quantitative estimate of drug-likeness (QED) is 0.942. The second-order valence-corrected chi connectivity index (χ2v) is 6.58. The molecular formula is C18H21N5O. The van der Waals surface area contributed by atoms with Crippen LogP contribution in [0.1, 0.15) is 38.5 Å². The van der Waals surface area contributed by atoms with Gasteiger partial charge in [-0.3, -0.25) is 4.79 Å². The number of aromatic nitrogens is 4. The van der Waals surface area contributed by atoms with E-state index in [1.807, 2.05) is 0 Å². The summed E-state index contributed by atoms with van der Waals surface area (Å²) in [6.45, 7) is 0. The summed E-state index contributed by atoms with van der Waals surface area (Å²) in [5.74, 6) is 1.59. The van der Waals surface area contributed by atoms with E-state index in [2.05, 4.69) is 26.5 Å². The standard InChI is InChI=1S/C18H21N5O/c24-18(16-9-13-5-3-1-2-4-6-15(13)16)21-17-7-8-23(22-17)14-10-19-12-20-11-14/h7-13,15H,1-6H2,(H,21,22,24). The Morgan fingerprint density at radius 1 is 1.12 bits per heavy atom. The number of carbonyl (C=O) groups excluding carboxylic acids is 1. The van der Waals surface area contributed by atoms with Gasteiger partial charge in [0.15, 0.2) is 5.82 Å². The number of anilines is 1. The number of nitrogens with zero attached hydrogens (tertiary/aromatic N) is 4. The van der Waals surface area contributed by atoms with E-state index < -0.39 is 0 Å². The smallest absolute Gasteiger partial charge is 0.252 e. The number of hydrogen-bond acceptors (Lipinski definition) is 4. The van der Waals surface area contributed by atoms with Crippen molar-refractivity contribution in [3.63, 3.8) is 0 Å². The van der Waals surface area contributed by atoms with E-state index >= 15 is 0 Å². The number of amides is 1. The molecule has 24 heavy (non-hydrogen) atoms. The fraction of sp³-hybridized carbons (Fsp3) is 0.444. The van der Waals surface area contributed by atoms with E-state index in [9.17, 15) is 4.79 Å². The van der Waals surface area contributed by atoms with Crippen molar-refractivity contribution in [1.82, 2.24) is 19.7 Å². The zero-order valence-corrected chi connectivity index (χ0v) is 13.6. The molecule has 0 saturated heterocycles. The lowest BCUT2D eigenvalue weighted by Gasteiger charge is -2.36. The van der Waals surface area contributed by atoms with Crippen molar-refractivity contribution < 1.29 is 4.79 Å². The van der Waals surface area contributed by atoms with E-state index in [1.165, 1.54) is 38.4 Å². The van der Waals surface area contributed by atoms with Crippen molar-refractivity contribution in [3.05, 3.63) is 42.6 Å². The van der Waals surface area contributed by atoms with Gasteiger partial charge in [0.1, 0.15) is 12.0 Å². The van der Waals surface area contributed by atoms with Crippen LogP contribution in [0, 0.1) is 11.8 Å². The molecule has 2 aliphatic carbocycles. The zero-order valence-electron chi connectivity index (χ0n) is 13.6. The van der Waals surface area contributed by atoms with Crippen molar-refractivity contribution in [3.8, 4) is 5.69 Å². The summed E-state index contributed by atoms with van der Waals surface area (Å²) < 4.78 is 1.66. The van der Waals surface area contributed by atoms with Crippen molar-refractivity contribution in [2.45, 2.75) is 38.5 Å². The first-order valence-electron chi connectivity index (χ1n) is 8.65. The third-order valence-electron chi connectivity index (χ3n) is 5.02. The van der Waals surface area contributed by atoms with Gasteiger partial charge in [-0.2, -0.15) is 0 Å². The molecule has 2 aromatic rings. The van der Waals surface area contributed by atoms with Crippen LogP contribution in [0.5, 0.6) is 0 Å². The summed E-state index contributed by atoms with van der Waals surface area (Å²) in [6.07, 6.45) is 16.3. The van der Waals surface area contributed by atoms with Crippen LogP contribution in [-0.4, -0.2) is 25.7 Å². The molecule has 0 aromatic carbocycles. The Morgan fingerprint density at radius 3 is 2.75 bits per heavy atom. The van der Waals surface area contributed by atoms with Crippen LogP contribution in [0.2, 0.25) is 0 Å². The molecule has 2 unspecified atom stereocenters. The summed E-state index contributed by atoms with van der Waals surface area (Å²) >= 11 is 0. The first-order chi connectivity index (χ1) is 11.8. The van der Waals surface area contributed by atoms with E-state index in [1.54, 1.807) is 29.3 Å². The third kappa shape index (κ3) is 2.96. The maximum atomic E-state index is 12.5. The van der Waals surface area contributed by atoms with Gasteiger partial charge in [-0.25, -0.2) is 14.6 Å². The lowest BCUT2D eigenvalue weighted by Crippen LogP contribution is -2.33. The number of nitrogens with one attached hydrogen (secondary N) is 1. The van der Waals surface area contributed by atoms with Crippen LogP contribution in [0.15, 0.2) is 42.6 Å². The van der Waals surface area contributed by atoms with E-state index in [-0.39, 0.29) is 5.91 Å². The van der Waals surface area contributed by atoms with Crippen LogP contribution in [0.3, 0.4) is 0 Å². The van der Waals surface area contributed by atoms with Gasteiger partial charge in [-0.05, 0) is 24.7 Å². The Morgan fingerprint density at radius 2 is 1.92 bits per heavy atom. The second-order valence-electron chi connectivity index (χ2n) is 6.58. The lowest BCUT2D eigenvalue weighted by molar-refractivity contribution is -0.114. The van der Waals surface area contributed by atoms with Crippen molar-refractivity contribution in [2.75, 3.05) is 5.32 Å². The molecule has 1 saturated carbocycles. The van der Waals surface area contributed by atoms with Crippen LogP contribution in [0.4, 0.5) is 5.82 Å². The van der Waals surface area contributed by atoms with Crippen LogP contribution in [-0.2, 0) is 4.79 Å². The van der Waals surface area contributed by atoms with Crippen LogP contribution >= 0.6 is 0 Å². The minimum absolute atomic E-state index is 0.00798. The topological polar surface area (TPSA) is 72.7 Å². The Bertz CT molecular complexity index is 752. The number of rotatable bonds is 3. The first-order valence-corrected chi connectivity index (χ1v) is 8.65. The minimum atomic E-state index is -0.00798.